The fourth-order valence-corrected chi connectivity index (χ4v) is 5.85. The van der Waals surface area contributed by atoms with Crippen LogP contribution < -0.4 is 10.2 Å². The molecule has 37 heavy (non-hydrogen) atoms. The van der Waals surface area contributed by atoms with Gasteiger partial charge in [-0.05, 0) is 66.4 Å². The summed E-state index contributed by atoms with van der Waals surface area (Å²) in [6, 6.07) is 10.5. The molecular weight excluding hydrogens is 538 g/mol. The van der Waals surface area contributed by atoms with Gasteiger partial charge >= 0.3 is 6.18 Å². The van der Waals surface area contributed by atoms with Crippen molar-refractivity contribution in [3.05, 3.63) is 69.7 Å². The molecule has 1 saturated heterocycles. The molecule has 198 valence electrons. The first-order chi connectivity index (χ1) is 17.3. The molecular formula is C28H30Cl2F3N3S. The number of anilines is 1. The summed E-state index contributed by atoms with van der Waals surface area (Å²) in [6.07, 6.45) is 3.95. The second-order valence-electron chi connectivity index (χ2n) is 10.7. The molecule has 1 heterocycles. The molecule has 0 bridgehead atoms. The minimum atomic E-state index is -4.44. The number of hydrogen-bond acceptors (Lipinski definition) is 2. The van der Waals surface area contributed by atoms with Crippen molar-refractivity contribution in [2.45, 2.75) is 70.6 Å². The first-order valence-corrected chi connectivity index (χ1v) is 13.5. The Morgan fingerprint density at radius 2 is 1.76 bits per heavy atom. The molecule has 3 nitrogen and oxygen atoms in total. The summed E-state index contributed by atoms with van der Waals surface area (Å²) in [5.74, 6) is 0.710. The molecule has 2 aromatic rings. The van der Waals surface area contributed by atoms with Crippen LogP contribution in [0.15, 0.2) is 53.5 Å². The fraction of sp³-hybridized carbons (Fsp3) is 0.429. The van der Waals surface area contributed by atoms with E-state index in [2.05, 4.69) is 26.1 Å². The number of amidine groups is 1. The summed E-state index contributed by atoms with van der Waals surface area (Å²) in [4.78, 5) is 7.04. The minimum Gasteiger partial charge on any atom is -0.319 e. The Kier molecular flexibility index (Phi) is 7.99. The Morgan fingerprint density at radius 3 is 2.38 bits per heavy atom. The maximum atomic E-state index is 13.5. The van der Waals surface area contributed by atoms with Crippen LogP contribution in [0.5, 0.6) is 0 Å². The van der Waals surface area contributed by atoms with E-state index in [0.29, 0.717) is 26.7 Å². The van der Waals surface area contributed by atoms with Crippen molar-refractivity contribution in [1.82, 2.24) is 5.32 Å². The van der Waals surface area contributed by atoms with Gasteiger partial charge in [0.25, 0.3) is 0 Å². The van der Waals surface area contributed by atoms with E-state index in [1.165, 1.54) is 12.1 Å². The molecule has 2 fully saturated rings. The van der Waals surface area contributed by atoms with Crippen molar-refractivity contribution in [3.8, 4) is 0 Å². The average Bonchev–Trinajstić information content (AvgIpc) is 3.06. The van der Waals surface area contributed by atoms with E-state index in [0.717, 1.165) is 43.7 Å². The van der Waals surface area contributed by atoms with Gasteiger partial charge in [0.05, 0.1) is 11.6 Å². The molecule has 4 rings (SSSR count). The SMILES string of the molecule is CC(C)(C)[C@H](/C=C/c1ccc(Cl)cc1Cl)N=C1NC(=S)N(c2cccc(C(F)(F)F)c2)C12CCCCC2. The van der Waals surface area contributed by atoms with E-state index in [1.807, 2.05) is 23.1 Å². The highest BCUT2D eigenvalue weighted by Gasteiger charge is 2.51. The molecule has 0 aromatic heterocycles. The first-order valence-electron chi connectivity index (χ1n) is 12.3. The van der Waals surface area contributed by atoms with E-state index in [9.17, 15) is 13.2 Å². The van der Waals surface area contributed by atoms with Gasteiger partial charge in [0.1, 0.15) is 11.4 Å². The number of halogens is 5. The number of rotatable bonds is 4. The van der Waals surface area contributed by atoms with Gasteiger partial charge in [0.2, 0.25) is 0 Å². The van der Waals surface area contributed by atoms with Gasteiger partial charge in [-0.15, -0.1) is 0 Å². The number of nitrogens with zero attached hydrogens (tertiary/aromatic N) is 2. The highest BCUT2D eigenvalue weighted by Crippen LogP contribution is 2.43. The first kappa shape index (κ1) is 27.9. The van der Waals surface area contributed by atoms with Crippen molar-refractivity contribution in [3.63, 3.8) is 0 Å². The third-order valence-corrected chi connectivity index (χ3v) is 7.83. The zero-order chi connectivity index (χ0) is 27.0. The van der Waals surface area contributed by atoms with Crippen LogP contribution in [0.25, 0.3) is 6.08 Å². The highest BCUT2D eigenvalue weighted by atomic mass is 35.5. The predicted molar refractivity (Wildman–Crippen MR) is 152 cm³/mol. The third-order valence-electron chi connectivity index (χ3n) is 6.99. The van der Waals surface area contributed by atoms with Gasteiger partial charge in [-0.1, -0.05) is 87.5 Å². The lowest BCUT2D eigenvalue weighted by Crippen LogP contribution is -2.52. The fourth-order valence-electron chi connectivity index (χ4n) is 5.00. The number of benzene rings is 2. The molecule has 1 spiro atoms. The maximum absolute atomic E-state index is 13.5. The summed E-state index contributed by atoms with van der Waals surface area (Å²) >= 11 is 18.1. The molecule has 9 heteroatoms. The Bertz CT molecular complexity index is 1230. The number of thiocarbonyl (C=S) groups is 1. The van der Waals surface area contributed by atoms with Crippen LogP contribution in [0.4, 0.5) is 18.9 Å². The van der Waals surface area contributed by atoms with Crippen LogP contribution in [0.2, 0.25) is 10.0 Å². The van der Waals surface area contributed by atoms with Crippen molar-refractivity contribution >= 4 is 58.1 Å². The molecule has 1 N–H and O–H groups in total. The molecule has 1 aliphatic heterocycles. The summed E-state index contributed by atoms with van der Waals surface area (Å²) in [5.41, 5.74) is -0.303. The molecule has 1 atom stereocenters. The molecule has 2 aromatic carbocycles. The average molecular weight is 569 g/mol. The Labute approximate surface area is 231 Å². The zero-order valence-electron chi connectivity index (χ0n) is 21.0. The molecule has 0 amide bonds. The van der Waals surface area contributed by atoms with Crippen LogP contribution in [0.1, 0.15) is 64.0 Å². The second-order valence-corrected chi connectivity index (χ2v) is 11.9. The number of aliphatic imine (C=N–C) groups is 1. The van der Waals surface area contributed by atoms with Gasteiger partial charge in [0, 0.05) is 15.7 Å². The van der Waals surface area contributed by atoms with Gasteiger partial charge in [-0.3, -0.25) is 4.99 Å². The summed E-state index contributed by atoms with van der Waals surface area (Å²) < 4.78 is 40.6. The molecule has 0 unspecified atom stereocenters. The molecule has 1 saturated carbocycles. The Balaban J connectivity index is 1.77. The van der Waals surface area contributed by atoms with Crippen LogP contribution in [0.3, 0.4) is 0 Å². The second kappa shape index (κ2) is 10.6. The van der Waals surface area contributed by atoms with Crippen LogP contribution >= 0.6 is 35.4 Å². The van der Waals surface area contributed by atoms with E-state index in [-0.39, 0.29) is 11.5 Å². The standard InChI is InChI=1S/C28H30Cl2F3N3S/c1-26(2,3)23(13-11-18-10-12-20(29)17-22(18)30)34-24-27(14-5-4-6-15-27)36(25(37)35-24)21-9-7-8-19(16-21)28(31,32)33/h7-13,16-17,23H,4-6,14-15H2,1-3H3,(H,34,35,37)/b13-11+/t23-/m0/s1. The van der Waals surface area contributed by atoms with Gasteiger partial charge in [-0.25, -0.2) is 0 Å². The van der Waals surface area contributed by atoms with E-state index < -0.39 is 17.3 Å². The number of alkyl halides is 3. The normalized spacial score (nSPS) is 20.2. The number of hydrogen-bond donors (Lipinski definition) is 1. The quantitative estimate of drug-likeness (QED) is 0.373. The molecule has 0 radical (unpaired) electrons. The smallest absolute Gasteiger partial charge is 0.319 e. The van der Waals surface area contributed by atoms with Crippen molar-refractivity contribution in [1.29, 1.82) is 0 Å². The van der Waals surface area contributed by atoms with Crippen molar-refractivity contribution in [2.24, 2.45) is 10.4 Å². The largest absolute Gasteiger partial charge is 0.416 e. The molecule has 1 aliphatic carbocycles. The predicted octanol–water partition coefficient (Wildman–Crippen LogP) is 8.94. The summed E-state index contributed by atoms with van der Waals surface area (Å²) in [5, 5.41) is 4.77. The van der Waals surface area contributed by atoms with E-state index in [1.54, 1.807) is 18.2 Å². The summed E-state index contributed by atoms with van der Waals surface area (Å²) in [6.45, 7) is 6.29. The summed E-state index contributed by atoms with van der Waals surface area (Å²) in [7, 11) is 0. The van der Waals surface area contributed by atoms with Crippen LogP contribution in [-0.4, -0.2) is 22.5 Å². The lowest BCUT2D eigenvalue weighted by Gasteiger charge is -2.41. The van der Waals surface area contributed by atoms with Gasteiger partial charge in [-0.2, -0.15) is 13.2 Å². The van der Waals surface area contributed by atoms with Gasteiger partial charge in [0.15, 0.2) is 5.11 Å². The monoisotopic (exact) mass is 567 g/mol. The van der Waals surface area contributed by atoms with E-state index >= 15 is 0 Å². The Hall–Kier alpha value is -2.09. The zero-order valence-corrected chi connectivity index (χ0v) is 23.3. The Morgan fingerprint density at radius 1 is 1.05 bits per heavy atom. The molecule has 2 aliphatic rings. The lowest BCUT2D eigenvalue weighted by molar-refractivity contribution is -0.137. The van der Waals surface area contributed by atoms with Crippen LogP contribution in [0, 0.1) is 5.41 Å². The number of nitrogens with one attached hydrogen (secondary N) is 1. The van der Waals surface area contributed by atoms with Gasteiger partial charge < -0.3 is 10.2 Å². The van der Waals surface area contributed by atoms with Crippen LogP contribution in [-0.2, 0) is 6.18 Å². The van der Waals surface area contributed by atoms with Crippen molar-refractivity contribution in [2.75, 3.05) is 4.90 Å². The van der Waals surface area contributed by atoms with E-state index in [4.69, 9.17) is 40.4 Å². The highest BCUT2D eigenvalue weighted by molar-refractivity contribution is 7.80. The lowest BCUT2D eigenvalue weighted by atomic mass is 9.79. The maximum Gasteiger partial charge on any atom is 0.416 e. The third kappa shape index (κ3) is 5.99. The van der Waals surface area contributed by atoms with Crippen molar-refractivity contribution < 1.29 is 13.2 Å². The topological polar surface area (TPSA) is 27.6 Å². The minimum absolute atomic E-state index is 0.245.